The molecule has 1 atom stereocenters. The molecule has 0 saturated carbocycles. The number of hydrogen-bond donors (Lipinski definition) is 1. The van der Waals surface area contributed by atoms with E-state index in [-0.39, 0.29) is 0 Å². The van der Waals surface area contributed by atoms with E-state index < -0.39 is 8.69 Å². The topological polar surface area (TPSA) is 71.4 Å². The minimum Gasteiger partial charge on any atom is -0.348 e. The number of aldehydes is 2. The van der Waals surface area contributed by atoms with E-state index in [1.165, 1.54) is 5.56 Å². The fraction of sp³-hybridized carbons (Fsp3) is 0.429. The molecule has 1 unspecified atom stereocenters. The number of carbonyl (C=O) groups excluding carboxylic acids is 2. The van der Waals surface area contributed by atoms with Crippen molar-refractivity contribution in [3.8, 4) is 0 Å². The van der Waals surface area contributed by atoms with E-state index in [4.69, 9.17) is 9.46 Å². The molecule has 1 aromatic rings. The second-order valence-corrected chi connectivity index (χ2v) is 3.82. The molecule has 0 fully saturated rings. The summed E-state index contributed by atoms with van der Waals surface area (Å²) >= 11 is 0. The van der Waals surface area contributed by atoms with E-state index in [9.17, 15) is 9.59 Å². The van der Waals surface area contributed by atoms with E-state index in [2.05, 4.69) is 12.1 Å². The van der Waals surface area contributed by atoms with Crippen LogP contribution < -0.4 is 0 Å². The summed E-state index contributed by atoms with van der Waals surface area (Å²) in [6.07, 6.45) is 6.24. The molecule has 0 amide bonds. The number of benzene rings is 1. The second-order valence-electron chi connectivity index (χ2n) is 3.61. The average molecular weight is 286 g/mol. The van der Waals surface area contributed by atoms with E-state index in [0.717, 1.165) is 31.8 Å². The van der Waals surface area contributed by atoms with Crippen LogP contribution in [0.15, 0.2) is 30.3 Å². The highest BCUT2D eigenvalue weighted by molar-refractivity contribution is 7.16. The molecule has 0 bridgehead atoms. The summed E-state index contributed by atoms with van der Waals surface area (Å²) in [5.41, 5.74) is 1.31. The fourth-order valence-electron chi connectivity index (χ4n) is 1.15. The van der Waals surface area contributed by atoms with Crippen molar-refractivity contribution in [2.75, 3.05) is 0 Å². The Labute approximate surface area is 116 Å². The Balaban J connectivity index is 0. The van der Waals surface area contributed by atoms with Gasteiger partial charge < -0.3 is 14.5 Å². The lowest BCUT2D eigenvalue weighted by Gasteiger charge is -1.96. The van der Waals surface area contributed by atoms with E-state index in [0.29, 0.717) is 12.8 Å². The van der Waals surface area contributed by atoms with Gasteiger partial charge in [0.1, 0.15) is 12.6 Å². The van der Waals surface area contributed by atoms with Gasteiger partial charge in [-0.2, -0.15) is 0 Å². The number of rotatable bonds is 6. The lowest BCUT2D eigenvalue weighted by atomic mass is 10.1. The summed E-state index contributed by atoms with van der Waals surface area (Å²) in [6, 6.07) is 10.2. The van der Waals surface area contributed by atoms with Gasteiger partial charge in [0.2, 0.25) is 0 Å². The molecule has 0 aromatic heterocycles. The molecule has 0 heterocycles. The number of carbonyl (C=O) groups is 2. The summed E-state index contributed by atoms with van der Waals surface area (Å²) in [5.74, 6) is 0. The van der Waals surface area contributed by atoms with Gasteiger partial charge >= 0.3 is 0 Å². The average Bonchev–Trinajstić information content (AvgIpc) is 2.43. The zero-order valence-corrected chi connectivity index (χ0v) is 12.5. The van der Waals surface area contributed by atoms with Crippen LogP contribution in [0.3, 0.4) is 0 Å². The standard InChI is InChI=1S/C10H12O.C4H8O.H3O2P/c11-9-5-4-8-10-6-2-1-3-7-10;1-2-3-4-5;1-3-2/h1-3,6-7,9H,4-5,8H2;4H,2-3H2,1H3;3H2,(H,1,2). The first kappa shape index (κ1) is 20.1. The summed E-state index contributed by atoms with van der Waals surface area (Å²) in [6.45, 7) is 1.98. The molecule has 0 aliphatic carbocycles. The van der Waals surface area contributed by atoms with Crippen molar-refractivity contribution >= 4 is 21.3 Å². The van der Waals surface area contributed by atoms with Crippen LogP contribution in [-0.4, -0.2) is 17.5 Å². The third-order valence-electron chi connectivity index (χ3n) is 2.04. The predicted octanol–water partition coefficient (Wildman–Crippen LogP) is 2.84. The van der Waals surface area contributed by atoms with Crippen LogP contribution in [0.25, 0.3) is 0 Å². The van der Waals surface area contributed by atoms with Crippen molar-refractivity contribution in [1.82, 2.24) is 0 Å². The molecule has 0 spiro atoms. The van der Waals surface area contributed by atoms with Gasteiger partial charge in [-0.1, -0.05) is 37.3 Å². The van der Waals surface area contributed by atoms with Crippen molar-refractivity contribution in [1.29, 1.82) is 0 Å². The van der Waals surface area contributed by atoms with Crippen LogP contribution in [0.1, 0.15) is 38.2 Å². The smallest absolute Gasteiger partial charge is 0.177 e. The molecular formula is C14H23O4P. The summed E-state index contributed by atoms with van der Waals surface area (Å²) in [7, 11) is -1.50. The van der Waals surface area contributed by atoms with Crippen LogP contribution in [0.4, 0.5) is 0 Å². The summed E-state index contributed by atoms with van der Waals surface area (Å²) < 4.78 is 8.57. The monoisotopic (exact) mass is 286 g/mol. The number of unbranched alkanes of at least 4 members (excludes halogenated alkanes) is 2. The largest absolute Gasteiger partial charge is 0.348 e. The highest BCUT2D eigenvalue weighted by Gasteiger charge is 1.89. The van der Waals surface area contributed by atoms with Crippen LogP contribution in [0.2, 0.25) is 0 Å². The SMILES string of the molecule is CCCC=O.O=CCCCc1ccccc1.O=[PH2]O. The fourth-order valence-corrected chi connectivity index (χ4v) is 1.15. The summed E-state index contributed by atoms with van der Waals surface area (Å²) in [4.78, 5) is 26.5. The molecule has 5 heteroatoms. The van der Waals surface area contributed by atoms with Gasteiger partial charge in [-0.25, -0.2) is 0 Å². The molecule has 1 N–H and O–H groups in total. The third-order valence-corrected chi connectivity index (χ3v) is 2.04. The summed E-state index contributed by atoms with van der Waals surface area (Å²) in [5, 5.41) is 0. The van der Waals surface area contributed by atoms with Gasteiger partial charge in [0, 0.05) is 12.8 Å². The van der Waals surface area contributed by atoms with Gasteiger partial charge in [0.15, 0.2) is 8.69 Å². The van der Waals surface area contributed by atoms with Crippen LogP contribution in [0.5, 0.6) is 0 Å². The molecule has 0 aliphatic rings. The first-order chi connectivity index (χ1) is 9.26. The maximum absolute atomic E-state index is 10.00. The molecule has 0 aliphatic heterocycles. The minimum absolute atomic E-state index is 0.675. The van der Waals surface area contributed by atoms with Crippen molar-refractivity contribution in [2.45, 2.75) is 39.0 Å². The molecule has 4 nitrogen and oxygen atoms in total. The maximum Gasteiger partial charge on any atom is 0.177 e. The quantitative estimate of drug-likeness (QED) is 0.496. The Kier molecular flexibility index (Phi) is 20.2. The molecule has 0 saturated heterocycles. The minimum atomic E-state index is -1.50. The van der Waals surface area contributed by atoms with Crippen molar-refractivity contribution in [3.05, 3.63) is 35.9 Å². The number of hydrogen-bond acceptors (Lipinski definition) is 3. The van der Waals surface area contributed by atoms with Crippen molar-refractivity contribution in [2.24, 2.45) is 0 Å². The molecule has 1 aromatic carbocycles. The first-order valence-corrected chi connectivity index (χ1v) is 7.24. The molecule has 108 valence electrons. The molecule has 19 heavy (non-hydrogen) atoms. The third kappa shape index (κ3) is 19.3. The number of aryl methyl sites for hydroxylation is 1. The van der Waals surface area contributed by atoms with Gasteiger partial charge in [0.25, 0.3) is 0 Å². The van der Waals surface area contributed by atoms with E-state index in [1.807, 2.05) is 25.1 Å². The van der Waals surface area contributed by atoms with Crippen LogP contribution in [0, 0.1) is 0 Å². The molecule has 1 rings (SSSR count). The van der Waals surface area contributed by atoms with Crippen LogP contribution in [-0.2, 0) is 20.6 Å². The Morgan fingerprint density at radius 2 is 1.63 bits per heavy atom. The first-order valence-electron chi connectivity index (χ1n) is 6.25. The zero-order chi connectivity index (χ0) is 14.8. The normalized spacial score (nSPS) is 8.95. The van der Waals surface area contributed by atoms with Gasteiger partial charge in [-0.3, -0.25) is 4.57 Å². The van der Waals surface area contributed by atoms with E-state index >= 15 is 0 Å². The van der Waals surface area contributed by atoms with E-state index in [1.54, 1.807) is 0 Å². The molecule has 0 radical (unpaired) electrons. The molecular weight excluding hydrogens is 263 g/mol. The Morgan fingerprint density at radius 3 is 2.00 bits per heavy atom. The maximum atomic E-state index is 10.00. The van der Waals surface area contributed by atoms with Gasteiger partial charge in [0.05, 0.1) is 0 Å². The van der Waals surface area contributed by atoms with Crippen molar-refractivity contribution in [3.63, 3.8) is 0 Å². The lowest BCUT2D eigenvalue weighted by Crippen LogP contribution is -1.84. The predicted molar refractivity (Wildman–Crippen MR) is 79.0 cm³/mol. The highest BCUT2D eigenvalue weighted by atomic mass is 31.1. The van der Waals surface area contributed by atoms with Gasteiger partial charge in [-0.15, -0.1) is 0 Å². The zero-order valence-electron chi connectivity index (χ0n) is 11.3. The van der Waals surface area contributed by atoms with Gasteiger partial charge in [-0.05, 0) is 24.8 Å². The Morgan fingerprint density at radius 1 is 1.11 bits per heavy atom. The highest BCUT2D eigenvalue weighted by Crippen LogP contribution is 2.02. The van der Waals surface area contributed by atoms with Crippen LogP contribution >= 0.6 is 8.69 Å². The second kappa shape index (κ2) is 19.1. The van der Waals surface area contributed by atoms with Crippen molar-refractivity contribution < 1.29 is 19.0 Å². The lowest BCUT2D eigenvalue weighted by molar-refractivity contribution is -0.108. The Hall–Kier alpha value is -1.25. The Bertz CT molecular complexity index is 314.